The van der Waals surface area contributed by atoms with Gasteiger partial charge in [-0.05, 0) is 12.8 Å². The van der Waals surface area contributed by atoms with Crippen molar-refractivity contribution in [3.05, 3.63) is 0 Å². The predicted octanol–water partition coefficient (Wildman–Crippen LogP) is -0.699. The Balaban J connectivity index is 2.50. The standard InChI is InChI=1S/C12H22N4O4/c13-9(17)8-20-7-6-15-11(18)12(10(14)16-19)4-2-1-3-5-12/h19H,1-8H2,(H2,13,17)(H2,14,16)(H,15,18). The van der Waals surface area contributed by atoms with Crippen LogP contribution in [0.15, 0.2) is 5.16 Å². The summed E-state index contributed by atoms with van der Waals surface area (Å²) in [5.74, 6) is -0.875. The number of rotatable bonds is 7. The maximum atomic E-state index is 12.3. The van der Waals surface area contributed by atoms with Gasteiger partial charge in [-0.25, -0.2) is 0 Å². The number of carbonyl (C=O) groups excluding carboxylic acids is 2. The average Bonchev–Trinajstić information content (AvgIpc) is 2.46. The Hall–Kier alpha value is -1.83. The second kappa shape index (κ2) is 7.68. The lowest BCUT2D eigenvalue weighted by molar-refractivity contribution is -0.129. The van der Waals surface area contributed by atoms with E-state index in [1.165, 1.54) is 0 Å². The Morgan fingerprint density at radius 1 is 1.25 bits per heavy atom. The van der Waals surface area contributed by atoms with E-state index in [1.807, 2.05) is 0 Å². The molecule has 0 heterocycles. The number of hydrogen-bond acceptors (Lipinski definition) is 5. The maximum Gasteiger partial charge on any atom is 0.243 e. The Labute approximate surface area is 117 Å². The van der Waals surface area contributed by atoms with Crippen LogP contribution >= 0.6 is 0 Å². The molecule has 1 aliphatic rings. The summed E-state index contributed by atoms with van der Waals surface area (Å²) in [6, 6.07) is 0. The number of oxime groups is 1. The lowest BCUT2D eigenvalue weighted by atomic mass is 9.72. The fourth-order valence-corrected chi connectivity index (χ4v) is 2.43. The maximum absolute atomic E-state index is 12.3. The third kappa shape index (κ3) is 4.09. The highest BCUT2D eigenvalue weighted by Gasteiger charge is 2.43. The number of ether oxygens (including phenoxy) is 1. The van der Waals surface area contributed by atoms with E-state index < -0.39 is 11.3 Å². The molecule has 8 heteroatoms. The van der Waals surface area contributed by atoms with E-state index in [1.54, 1.807) is 0 Å². The molecule has 114 valence electrons. The predicted molar refractivity (Wildman–Crippen MR) is 72.0 cm³/mol. The van der Waals surface area contributed by atoms with E-state index in [-0.39, 0.29) is 31.5 Å². The Kier molecular flexibility index (Phi) is 6.23. The highest BCUT2D eigenvalue weighted by molar-refractivity contribution is 6.06. The van der Waals surface area contributed by atoms with Gasteiger partial charge in [-0.2, -0.15) is 0 Å². The van der Waals surface area contributed by atoms with E-state index in [0.29, 0.717) is 12.8 Å². The number of nitrogens with zero attached hydrogens (tertiary/aromatic N) is 1. The van der Waals surface area contributed by atoms with Gasteiger partial charge < -0.3 is 26.7 Å². The molecular formula is C12H22N4O4. The van der Waals surface area contributed by atoms with Gasteiger partial charge in [0.2, 0.25) is 11.8 Å². The minimum absolute atomic E-state index is 0.0484. The topological polar surface area (TPSA) is 140 Å². The van der Waals surface area contributed by atoms with Crippen LogP contribution in [0.1, 0.15) is 32.1 Å². The number of nitrogens with one attached hydrogen (secondary N) is 1. The van der Waals surface area contributed by atoms with Crippen LogP contribution in [-0.2, 0) is 14.3 Å². The molecule has 0 spiro atoms. The van der Waals surface area contributed by atoms with Crippen molar-refractivity contribution < 1.29 is 19.5 Å². The fraction of sp³-hybridized carbons (Fsp3) is 0.750. The fourth-order valence-electron chi connectivity index (χ4n) is 2.43. The van der Waals surface area contributed by atoms with Gasteiger partial charge >= 0.3 is 0 Å². The van der Waals surface area contributed by atoms with E-state index in [9.17, 15) is 9.59 Å². The van der Waals surface area contributed by atoms with Crippen molar-refractivity contribution in [2.24, 2.45) is 22.0 Å². The van der Waals surface area contributed by atoms with Crippen LogP contribution in [0.4, 0.5) is 0 Å². The molecule has 6 N–H and O–H groups in total. The summed E-state index contributed by atoms with van der Waals surface area (Å²) < 4.78 is 4.95. The summed E-state index contributed by atoms with van der Waals surface area (Å²) in [4.78, 5) is 22.8. The lowest BCUT2D eigenvalue weighted by Crippen LogP contribution is -2.51. The molecule has 0 aromatic rings. The molecule has 0 aromatic carbocycles. The van der Waals surface area contributed by atoms with E-state index >= 15 is 0 Å². The molecular weight excluding hydrogens is 264 g/mol. The van der Waals surface area contributed by atoms with Gasteiger partial charge in [0.15, 0.2) is 5.84 Å². The third-order valence-electron chi connectivity index (χ3n) is 3.52. The monoisotopic (exact) mass is 286 g/mol. The highest BCUT2D eigenvalue weighted by atomic mass is 16.5. The first kappa shape index (κ1) is 16.2. The van der Waals surface area contributed by atoms with Crippen molar-refractivity contribution in [3.63, 3.8) is 0 Å². The molecule has 1 aliphatic carbocycles. The number of amides is 2. The van der Waals surface area contributed by atoms with Crippen LogP contribution in [0.5, 0.6) is 0 Å². The van der Waals surface area contributed by atoms with Crippen molar-refractivity contribution in [3.8, 4) is 0 Å². The van der Waals surface area contributed by atoms with Crippen molar-refractivity contribution in [2.45, 2.75) is 32.1 Å². The molecule has 0 radical (unpaired) electrons. The number of primary amides is 1. The molecule has 0 bridgehead atoms. The minimum Gasteiger partial charge on any atom is -0.409 e. The van der Waals surface area contributed by atoms with Gasteiger partial charge in [-0.15, -0.1) is 0 Å². The Morgan fingerprint density at radius 2 is 1.90 bits per heavy atom. The molecule has 0 atom stereocenters. The van der Waals surface area contributed by atoms with E-state index in [0.717, 1.165) is 19.3 Å². The van der Waals surface area contributed by atoms with Crippen molar-refractivity contribution >= 4 is 17.6 Å². The zero-order valence-electron chi connectivity index (χ0n) is 11.4. The van der Waals surface area contributed by atoms with Crippen LogP contribution in [-0.4, -0.2) is 42.6 Å². The summed E-state index contributed by atoms with van der Waals surface area (Å²) in [5, 5.41) is 14.6. The number of amidine groups is 1. The number of carbonyl (C=O) groups is 2. The van der Waals surface area contributed by atoms with Crippen LogP contribution in [0, 0.1) is 5.41 Å². The molecule has 20 heavy (non-hydrogen) atoms. The molecule has 0 aliphatic heterocycles. The summed E-state index contributed by atoms with van der Waals surface area (Å²) in [6.45, 7) is 0.245. The lowest BCUT2D eigenvalue weighted by Gasteiger charge is -2.34. The smallest absolute Gasteiger partial charge is 0.243 e. The molecule has 1 saturated carbocycles. The van der Waals surface area contributed by atoms with Gasteiger partial charge in [0.1, 0.15) is 12.0 Å². The minimum atomic E-state index is -0.934. The third-order valence-corrected chi connectivity index (χ3v) is 3.52. The number of nitrogens with two attached hydrogens (primary N) is 2. The van der Waals surface area contributed by atoms with Gasteiger partial charge in [0.25, 0.3) is 0 Å². The zero-order valence-corrected chi connectivity index (χ0v) is 11.4. The normalized spacial score (nSPS) is 18.5. The van der Waals surface area contributed by atoms with Crippen molar-refractivity contribution in [1.29, 1.82) is 0 Å². The quantitative estimate of drug-likeness (QED) is 0.161. The van der Waals surface area contributed by atoms with E-state index in [4.69, 9.17) is 21.4 Å². The van der Waals surface area contributed by atoms with Gasteiger partial charge in [-0.3, -0.25) is 9.59 Å². The van der Waals surface area contributed by atoms with Crippen LogP contribution in [0.25, 0.3) is 0 Å². The first-order chi connectivity index (χ1) is 9.53. The molecule has 1 rings (SSSR count). The van der Waals surface area contributed by atoms with Crippen molar-refractivity contribution in [2.75, 3.05) is 19.8 Å². The van der Waals surface area contributed by atoms with Crippen LogP contribution in [0.3, 0.4) is 0 Å². The summed E-state index contributed by atoms with van der Waals surface area (Å²) in [6.07, 6.45) is 3.90. The summed E-state index contributed by atoms with van der Waals surface area (Å²) in [5.41, 5.74) is 9.69. The second-order valence-corrected chi connectivity index (χ2v) is 4.90. The van der Waals surface area contributed by atoms with E-state index in [2.05, 4.69) is 10.5 Å². The van der Waals surface area contributed by atoms with Gasteiger partial charge in [-0.1, -0.05) is 24.4 Å². The SMILES string of the molecule is NC(=O)COCCNC(=O)C1(C(N)=NO)CCCCC1. The van der Waals surface area contributed by atoms with Crippen LogP contribution < -0.4 is 16.8 Å². The average molecular weight is 286 g/mol. The zero-order chi connectivity index (χ0) is 15.0. The molecule has 0 aromatic heterocycles. The highest BCUT2D eigenvalue weighted by Crippen LogP contribution is 2.36. The Bertz CT molecular complexity index is 378. The van der Waals surface area contributed by atoms with Gasteiger partial charge in [0.05, 0.1) is 6.61 Å². The molecule has 8 nitrogen and oxygen atoms in total. The van der Waals surface area contributed by atoms with Gasteiger partial charge in [0, 0.05) is 6.54 Å². The number of hydrogen-bond donors (Lipinski definition) is 4. The first-order valence-corrected chi connectivity index (χ1v) is 6.65. The molecule has 0 saturated heterocycles. The molecule has 0 unspecified atom stereocenters. The second-order valence-electron chi connectivity index (χ2n) is 4.90. The molecule has 1 fully saturated rings. The van der Waals surface area contributed by atoms with Crippen LogP contribution in [0.2, 0.25) is 0 Å². The summed E-state index contributed by atoms with van der Waals surface area (Å²) >= 11 is 0. The largest absolute Gasteiger partial charge is 0.409 e. The Morgan fingerprint density at radius 3 is 2.45 bits per heavy atom. The van der Waals surface area contributed by atoms with Crippen molar-refractivity contribution in [1.82, 2.24) is 5.32 Å². The first-order valence-electron chi connectivity index (χ1n) is 6.65. The molecule has 2 amide bonds. The summed E-state index contributed by atoms with van der Waals surface area (Å²) in [7, 11) is 0.